The van der Waals surface area contributed by atoms with Crippen LogP contribution in [0.1, 0.15) is 121 Å². The highest BCUT2D eigenvalue weighted by molar-refractivity contribution is 7.84. The molecular formula is C32H51NO4S. The number of aliphatic hydroxyl groups is 1. The van der Waals surface area contributed by atoms with Gasteiger partial charge in [0.2, 0.25) is 0 Å². The smallest absolute Gasteiger partial charge is 0.380 e. The van der Waals surface area contributed by atoms with Gasteiger partial charge < -0.3 is 9.29 Å². The zero-order valence-electron chi connectivity index (χ0n) is 24.2. The van der Waals surface area contributed by atoms with Crippen LogP contribution in [0.25, 0.3) is 0 Å². The fourth-order valence-electron chi connectivity index (χ4n) is 5.02. The Morgan fingerprint density at radius 3 is 1.76 bits per heavy atom. The molecule has 0 heterocycles. The van der Waals surface area contributed by atoms with Crippen molar-refractivity contribution < 1.29 is 17.7 Å². The summed E-state index contributed by atoms with van der Waals surface area (Å²) in [6, 6.07) is 15.8. The average Bonchev–Trinajstić information content (AvgIpc) is 2.83. The largest absolute Gasteiger partial charge is 0.390 e. The van der Waals surface area contributed by atoms with Gasteiger partial charge in [0.05, 0.1) is 5.60 Å². The number of hydrogen-bond acceptors (Lipinski definition) is 4. The Morgan fingerprint density at radius 1 is 0.737 bits per heavy atom. The van der Waals surface area contributed by atoms with Crippen molar-refractivity contribution in [3.05, 3.63) is 65.2 Å². The van der Waals surface area contributed by atoms with Crippen LogP contribution in [0.15, 0.2) is 48.5 Å². The van der Waals surface area contributed by atoms with E-state index in [1.54, 1.807) is 12.1 Å². The third-order valence-corrected chi connectivity index (χ3v) is 7.77. The summed E-state index contributed by atoms with van der Waals surface area (Å²) >= 11 is 0. The molecule has 0 fully saturated rings. The Hall–Kier alpha value is -1.89. The van der Waals surface area contributed by atoms with Crippen molar-refractivity contribution in [2.75, 3.05) is 0 Å². The van der Waals surface area contributed by atoms with Gasteiger partial charge in [0.1, 0.15) is 5.75 Å². The monoisotopic (exact) mass is 545 g/mol. The topological polar surface area (TPSA) is 89.6 Å². The highest BCUT2D eigenvalue weighted by atomic mass is 32.2. The van der Waals surface area contributed by atoms with E-state index in [2.05, 4.69) is 52.0 Å². The Morgan fingerprint density at radius 2 is 1.24 bits per heavy atom. The van der Waals surface area contributed by atoms with Crippen LogP contribution in [0.3, 0.4) is 0 Å². The molecule has 0 aliphatic rings. The molecule has 0 aromatic heterocycles. The maximum atomic E-state index is 11.7. The van der Waals surface area contributed by atoms with E-state index in [1.165, 1.54) is 56.1 Å². The van der Waals surface area contributed by atoms with E-state index in [0.717, 1.165) is 44.1 Å². The van der Waals surface area contributed by atoms with E-state index in [9.17, 15) is 13.5 Å². The van der Waals surface area contributed by atoms with Crippen molar-refractivity contribution in [1.82, 2.24) is 0 Å². The Labute approximate surface area is 232 Å². The first-order valence-corrected chi connectivity index (χ1v) is 16.0. The second kappa shape index (κ2) is 15.6. The lowest BCUT2D eigenvalue weighted by Gasteiger charge is -2.29. The summed E-state index contributed by atoms with van der Waals surface area (Å²) in [5.74, 6) is 0.216. The summed E-state index contributed by atoms with van der Waals surface area (Å²) in [6.07, 6.45) is 15.1. The molecule has 214 valence electrons. The minimum absolute atomic E-state index is 0.120. The molecule has 6 heteroatoms. The highest BCUT2D eigenvalue weighted by Crippen LogP contribution is 2.29. The Bertz CT molecular complexity index is 1030. The van der Waals surface area contributed by atoms with Crippen LogP contribution in [0.5, 0.6) is 5.75 Å². The van der Waals surface area contributed by atoms with E-state index >= 15 is 0 Å². The normalized spacial score (nSPS) is 13.8. The van der Waals surface area contributed by atoms with Crippen LogP contribution < -0.4 is 9.32 Å². The van der Waals surface area contributed by atoms with Gasteiger partial charge in [0.15, 0.2) is 0 Å². The van der Waals surface area contributed by atoms with E-state index < -0.39 is 15.9 Å². The van der Waals surface area contributed by atoms with Crippen molar-refractivity contribution in [3.63, 3.8) is 0 Å². The molecule has 0 spiro atoms. The summed E-state index contributed by atoms with van der Waals surface area (Å²) in [7, 11) is -4.01. The number of hydrogen-bond donors (Lipinski definition) is 2. The SMILES string of the molecule is CCCCCCCCCCC(O)(CCCCc1ccc(OS(N)(=O)=O)cc1)Cc1ccc(C(C)(C)C)cc1. The summed E-state index contributed by atoms with van der Waals surface area (Å²) in [5.41, 5.74) is 3.04. The van der Waals surface area contributed by atoms with Crippen molar-refractivity contribution in [3.8, 4) is 5.75 Å². The molecule has 0 bridgehead atoms. The predicted octanol–water partition coefficient (Wildman–Crippen LogP) is 7.78. The molecule has 0 saturated carbocycles. The molecule has 0 saturated heterocycles. The first-order valence-electron chi connectivity index (χ1n) is 14.5. The third-order valence-electron chi connectivity index (χ3n) is 7.34. The number of aryl methyl sites for hydroxylation is 1. The van der Waals surface area contributed by atoms with Crippen LogP contribution in [0.4, 0.5) is 0 Å². The van der Waals surface area contributed by atoms with Gasteiger partial charge in [-0.3, -0.25) is 0 Å². The molecule has 0 aliphatic carbocycles. The van der Waals surface area contributed by atoms with E-state index in [1.807, 2.05) is 12.1 Å². The number of rotatable bonds is 18. The lowest BCUT2D eigenvalue weighted by molar-refractivity contribution is 0.0181. The zero-order valence-corrected chi connectivity index (χ0v) is 25.0. The molecule has 2 aromatic rings. The Kier molecular flexibility index (Phi) is 13.3. The summed E-state index contributed by atoms with van der Waals surface area (Å²) in [5, 5.41) is 16.7. The second-order valence-corrected chi connectivity index (χ2v) is 13.2. The number of unbranched alkanes of at least 4 members (excludes halogenated alkanes) is 8. The molecule has 38 heavy (non-hydrogen) atoms. The molecule has 5 nitrogen and oxygen atoms in total. The minimum atomic E-state index is -4.01. The van der Waals surface area contributed by atoms with Crippen LogP contribution in [-0.4, -0.2) is 19.1 Å². The minimum Gasteiger partial charge on any atom is -0.390 e. The summed E-state index contributed by atoms with van der Waals surface area (Å²) in [4.78, 5) is 0. The predicted molar refractivity (Wildman–Crippen MR) is 159 cm³/mol. The van der Waals surface area contributed by atoms with Crippen LogP contribution >= 0.6 is 0 Å². The van der Waals surface area contributed by atoms with Crippen LogP contribution in [-0.2, 0) is 28.6 Å². The highest BCUT2D eigenvalue weighted by Gasteiger charge is 2.26. The van der Waals surface area contributed by atoms with Crippen molar-refractivity contribution in [2.24, 2.45) is 5.14 Å². The summed E-state index contributed by atoms with van der Waals surface area (Å²) in [6.45, 7) is 8.92. The van der Waals surface area contributed by atoms with Gasteiger partial charge in [-0.05, 0) is 59.9 Å². The second-order valence-electron chi connectivity index (χ2n) is 12.0. The number of benzene rings is 2. The third kappa shape index (κ3) is 13.3. The lowest BCUT2D eigenvalue weighted by Crippen LogP contribution is -2.31. The fourth-order valence-corrected chi connectivity index (χ4v) is 5.40. The van der Waals surface area contributed by atoms with Crippen LogP contribution in [0, 0.1) is 0 Å². The van der Waals surface area contributed by atoms with Gasteiger partial charge in [-0.15, -0.1) is 0 Å². The molecule has 0 amide bonds. The van der Waals surface area contributed by atoms with Gasteiger partial charge in [-0.1, -0.05) is 122 Å². The van der Waals surface area contributed by atoms with Crippen molar-refractivity contribution in [1.29, 1.82) is 0 Å². The maximum Gasteiger partial charge on any atom is 0.380 e. The molecule has 3 N–H and O–H groups in total. The van der Waals surface area contributed by atoms with E-state index in [4.69, 9.17) is 9.32 Å². The average molecular weight is 546 g/mol. The van der Waals surface area contributed by atoms with Gasteiger partial charge in [0, 0.05) is 6.42 Å². The summed E-state index contributed by atoms with van der Waals surface area (Å²) < 4.78 is 26.9. The molecule has 0 radical (unpaired) electrons. The fraction of sp³-hybridized carbons (Fsp3) is 0.625. The van der Waals surface area contributed by atoms with Gasteiger partial charge in [-0.2, -0.15) is 13.6 Å². The number of nitrogens with two attached hydrogens (primary N) is 1. The standard InChI is InChI=1S/C32H51NO4S/c1-5-6-7-8-9-10-11-13-24-32(34,26-28-16-20-29(21-17-28)31(2,3)4)25-14-12-15-27-18-22-30(23-19-27)37-38(33,35)36/h16-23,34H,5-15,24-26H2,1-4H3,(H2,33,35,36). The Balaban J connectivity index is 1.90. The molecule has 1 unspecified atom stereocenters. The molecule has 1 atom stereocenters. The molecule has 2 aromatic carbocycles. The molecular weight excluding hydrogens is 494 g/mol. The molecule has 0 aliphatic heterocycles. The quantitative estimate of drug-likeness (QED) is 0.187. The van der Waals surface area contributed by atoms with Gasteiger partial charge in [0.25, 0.3) is 0 Å². The maximum absolute atomic E-state index is 11.7. The lowest BCUT2D eigenvalue weighted by atomic mass is 9.82. The van der Waals surface area contributed by atoms with E-state index in [-0.39, 0.29) is 11.2 Å². The van der Waals surface area contributed by atoms with E-state index in [0.29, 0.717) is 6.42 Å². The first-order chi connectivity index (χ1) is 17.9. The van der Waals surface area contributed by atoms with Crippen LogP contribution in [0.2, 0.25) is 0 Å². The van der Waals surface area contributed by atoms with Crippen molar-refractivity contribution in [2.45, 2.75) is 129 Å². The van der Waals surface area contributed by atoms with Gasteiger partial charge in [-0.25, -0.2) is 0 Å². The van der Waals surface area contributed by atoms with Crippen molar-refractivity contribution >= 4 is 10.3 Å². The van der Waals surface area contributed by atoms with Gasteiger partial charge >= 0.3 is 10.3 Å². The molecule has 2 rings (SSSR count). The first kappa shape index (κ1) is 32.3. The zero-order chi connectivity index (χ0) is 28.1.